The van der Waals surface area contributed by atoms with Gasteiger partial charge in [0.15, 0.2) is 0 Å². The van der Waals surface area contributed by atoms with Gasteiger partial charge in [0.1, 0.15) is 17.8 Å². The first-order valence-electron chi connectivity index (χ1n) is 12.3. The van der Waals surface area contributed by atoms with Crippen LogP contribution in [0.5, 0.6) is 5.88 Å². The number of pyridine rings is 1. The van der Waals surface area contributed by atoms with Crippen LogP contribution in [0, 0.1) is 0 Å². The minimum atomic E-state index is -4.38. The number of aromatic nitrogens is 4. The van der Waals surface area contributed by atoms with E-state index in [1.54, 1.807) is 12.3 Å². The van der Waals surface area contributed by atoms with Gasteiger partial charge in [-0.2, -0.15) is 13.2 Å². The summed E-state index contributed by atoms with van der Waals surface area (Å²) in [6.07, 6.45) is 2.02. The van der Waals surface area contributed by atoms with E-state index in [2.05, 4.69) is 20.5 Å². The number of alkyl halides is 3. The van der Waals surface area contributed by atoms with Gasteiger partial charge in [0, 0.05) is 36.7 Å². The molecule has 35 heavy (non-hydrogen) atoms. The van der Waals surface area contributed by atoms with Gasteiger partial charge < -0.3 is 10.1 Å². The van der Waals surface area contributed by atoms with Crippen molar-refractivity contribution in [2.45, 2.75) is 82.7 Å². The summed E-state index contributed by atoms with van der Waals surface area (Å²) in [4.78, 5) is 4.25. The Bertz CT molecular complexity index is 1150. The van der Waals surface area contributed by atoms with E-state index < -0.39 is 11.7 Å². The summed E-state index contributed by atoms with van der Waals surface area (Å²) in [5, 5.41) is 12.6. The molecule has 0 spiro atoms. The molecule has 0 bridgehead atoms. The van der Waals surface area contributed by atoms with Crippen molar-refractivity contribution in [3.63, 3.8) is 0 Å². The highest BCUT2D eigenvalue weighted by molar-refractivity contribution is 5.48. The summed E-state index contributed by atoms with van der Waals surface area (Å²) in [7, 11) is 0. The van der Waals surface area contributed by atoms with Crippen molar-refractivity contribution in [1.29, 1.82) is 0 Å². The van der Waals surface area contributed by atoms with Crippen molar-refractivity contribution in [3.8, 4) is 11.6 Å². The highest BCUT2D eigenvalue weighted by atomic mass is 19.4. The molecule has 1 unspecified atom stereocenters. The Balaban J connectivity index is 1.43. The van der Waals surface area contributed by atoms with Crippen LogP contribution in [-0.4, -0.2) is 37.9 Å². The predicted octanol–water partition coefficient (Wildman–Crippen LogP) is 5.25. The lowest BCUT2D eigenvalue weighted by Crippen LogP contribution is -2.37. The van der Waals surface area contributed by atoms with Crippen LogP contribution in [0.25, 0.3) is 5.69 Å². The fourth-order valence-electron chi connectivity index (χ4n) is 5.31. The van der Waals surface area contributed by atoms with Gasteiger partial charge in [0.25, 0.3) is 0 Å². The smallest absolute Gasteiger partial charge is 0.416 e. The van der Waals surface area contributed by atoms with E-state index in [1.165, 1.54) is 12.1 Å². The standard InChI is InChI=1S/C26H30F3N5O/c1-16(2)31-20-14-18-13-19(26(27,28)29)8-11-22(18)34-23(15-20)32-33-25(34)17-6-9-21(10-7-17)35-24-5-3-4-12-30-24/h3-5,8,11-13,16-17,20-21,31H,6-7,9-10,14-15H2,1-2H3/t17-,20?,21-. The SMILES string of the molecule is CC(C)NC1Cc2cc(C(F)(F)F)ccc2-n2c(nnc2[C@H]2CC[C@H](Oc3ccccn3)CC2)C1. The Morgan fingerprint density at radius 3 is 2.51 bits per heavy atom. The number of nitrogens with zero attached hydrogens (tertiary/aromatic N) is 4. The topological polar surface area (TPSA) is 64.9 Å². The molecule has 1 saturated carbocycles. The number of nitrogens with one attached hydrogen (secondary N) is 1. The van der Waals surface area contributed by atoms with Crippen LogP contribution in [0.4, 0.5) is 13.2 Å². The van der Waals surface area contributed by atoms with Gasteiger partial charge in [-0.15, -0.1) is 10.2 Å². The Hall–Kier alpha value is -2.94. The monoisotopic (exact) mass is 485 g/mol. The van der Waals surface area contributed by atoms with Gasteiger partial charge >= 0.3 is 6.18 Å². The number of rotatable bonds is 5. The Morgan fingerprint density at radius 2 is 1.83 bits per heavy atom. The average Bonchev–Trinajstić information content (AvgIpc) is 3.15. The van der Waals surface area contributed by atoms with Crippen molar-refractivity contribution in [2.24, 2.45) is 0 Å². The maximum absolute atomic E-state index is 13.5. The lowest BCUT2D eigenvalue weighted by atomic mass is 9.86. The number of hydrogen-bond donors (Lipinski definition) is 1. The van der Waals surface area contributed by atoms with E-state index >= 15 is 0 Å². The molecular formula is C26H30F3N5O. The van der Waals surface area contributed by atoms with Gasteiger partial charge in [-0.1, -0.05) is 19.9 Å². The van der Waals surface area contributed by atoms with E-state index in [9.17, 15) is 13.2 Å². The lowest BCUT2D eigenvalue weighted by Gasteiger charge is -2.28. The van der Waals surface area contributed by atoms with E-state index in [-0.39, 0.29) is 24.1 Å². The number of fused-ring (bicyclic) bond motifs is 3. The van der Waals surface area contributed by atoms with Crippen molar-refractivity contribution >= 4 is 0 Å². The molecule has 0 radical (unpaired) electrons. The number of halogens is 3. The minimum absolute atomic E-state index is 0.0157. The molecule has 5 rings (SSSR count). The zero-order valence-corrected chi connectivity index (χ0v) is 19.9. The normalized spacial score (nSPS) is 22.4. The van der Waals surface area contributed by atoms with Crippen molar-refractivity contribution in [2.75, 3.05) is 0 Å². The molecule has 1 aromatic carbocycles. The summed E-state index contributed by atoms with van der Waals surface area (Å²) in [5.41, 5.74) is 0.808. The second-order valence-corrected chi connectivity index (χ2v) is 9.84. The molecule has 2 aliphatic rings. The van der Waals surface area contributed by atoms with E-state index in [4.69, 9.17) is 4.74 Å². The summed E-state index contributed by atoms with van der Waals surface area (Å²) in [6, 6.07) is 9.86. The van der Waals surface area contributed by atoms with Gasteiger partial charge in [-0.3, -0.25) is 4.57 Å². The maximum Gasteiger partial charge on any atom is 0.416 e. The van der Waals surface area contributed by atoms with Gasteiger partial charge in [-0.05, 0) is 61.9 Å². The summed E-state index contributed by atoms with van der Waals surface area (Å²) < 4.78 is 48.6. The molecule has 1 atom stereocenters. The molecule has 9 heteroatoms. The van der Waals surface area contributed by atoms with E-state index in [1.807, 2.05) is 36.6 Å². The molecule has 1 aliphatic heterocycles. The van der Waals surface area contributed by atoms with Crippen LogP contribution in [0.2, 0.25) is 0 Å². The maximum atomic E-state index is 13.5. The predicted molar refractivity (Wildman–Crippen MR) is 126 cm³/mol. The summed E-state index contributed by atoms with van der Waals surface area (Å²) >= 11 is 0. The molecule has 2 aromatic heterocycles. The largest absolute Gasteiger partial charge is 0.474 e. The molecule has 6 nitrogen and oxygen atoms in total. The van der Waals surface area contributed by atoms with Gasteiger partial charge in [0.05, 0.1) is 11.3 Å². The fraction of sp³-hybridized carbons (Fsp3) is 0.500. The third kappa shape index (κ3) is 5.19. The van der Waals surface area contributed by atoms with Crippen molar-refractivity contribution in [3.05, 3.63) is 65.4 Å². The fourth-order valence-corrected chi connectivity index (χ4v) is 5.31. The Labute approximate surface area is 202 Å². The average molecular weight is 486 g/mol. The lowest BCUT2D eigenvalue weighted by molar-refractivity contribution is -0.137. The van der Waals surface area contributed by atoms with Crippen molar-refractivity contribution < 1.29 is 17.9 Å². The minimum Gasteiger partial charge on any atom is -0.474 e. The molecular weight excluding hydrogens is 455 g/mol. The highest BCUT2D eigenvalue weighted by Crippen LogP contribution is 2.38. The molecule has 1 N–H and O–H groups in total. The Kier molecular flexibility index (Phi) is 6.53. The van der Waals surface area contributed by atoms with Gasteiger partial charge in [-0.25, -0.2) is 4.98 Å². The zero-order valence-electron chi connectivity index (χ0n) is 19.9. The second-order valence-electron chi connectivity index (χ2n) is 9.84. The molecule has 0 amide bonds. The molecule has 3 heterocycles. The molecule has 0 saturated heterocycles. The molecule has 3 aromatic rings. The molecule has 186 valence electrons. The van der Waals surface area contributed by atoms with Crippen molar-refractivity contribution in [1.82, 2.24) is 25.1 Å². The highest BCUT2D eigenvalue weighted by Gasteiger charge is 2.35. The van der Waals surface area contributed by atoms with Crippen LogP contribution in [0.1, 0.15) is 68.2 Å². The number of benzene rings is 1. The first-order valence-corrected chi connectivity index (χ1v) is 12.3. The third-order valence-corrected chi connectivity index (χ3v) is 6.83. The summed E-state index contributed by atoms with van der Waals surface area (Å²) in [6.45, 7) is 4.08. The van der Waals surface area contributed by atoms with Crippen LogP contribution < -0.4 is 10.1 Å². The van der Waals surface area contributed by atoms with Crippen LogP contribution in [-0.2, 0) is 19.0 Å². The summed E-state index contributed by atoms with van der Waals surface area (Å²) in [5.74, 6) is 2.43. The first-order chi connectivity index (χ1) is 16.8. The number of ether oxygens (including phenoxy) is 1. The molecule has 1 fully saturated rings. The van der Waals surface area contributed by atoms with Crippen LogP contribution in [0.15, 0.2) is 42.6 Å². The van der Waals surface area contributed by atoms with E-state index in [0.717, 1.165) is 43.0 Å². The van der Waals surface area contributed by atoms with E-state index in [0.29, 0.717) is 24.3 Å². The molecule has 1 aliphatic carbocycles. The second kappa shape index (κ2) is 9.60. The van der Waals surface area contributed by atoms with Crippen LogP contribution in [0.3, 0.4) is 0 Å². The first kappa shape index (κ1) is 23.8. The zero-order chi connectivity index (χ0) is 24.6. The van der Waals surface area contributed by atoms with Crippen LogP contribution >= 0.6 is 0 Å². The van der Waals surface area contributed by atoms with Gasteiger partial charge in [0.2, 0.25) is 5.88 Å². The Morgan fingerprint density at radius 1 is 1.03 bits per heavy atom. The number of hydrogen-bond acceptors (Lipinski definition) is 5. The third-order valence-electron chi connectivity index (χ3n) is 6.83. The quantitative estimate of drug-likeness (QED) is 0.535.